The molecule has 11 heteroatoms. The van der Waals surface area contributed by atoms with E-state index in [9.17, 15) is 14.4 Å². The third kappa shape index (κ3) is 2.73. The summed E-state index contributed by atoms with van der Waals surface area (Å²) in [6.45, 7) is 3.55. The van der Waals surface area contributed by atoms with E-state index < -0.39 is 47.0 Å². The number of fused-ring (bicyclic) bond motifs is 4. The number of amides is 4. The zero-order valence-electron chi connectivity index (χ0n) is 17.2. The second-order valence-electron chi connectivity index (χ2n) is 8.28. The van der Waals surface area contributed by atoms with E-state index in [1.165, 1.54) is 29.6 Å². The fourth-order valence-corrected chi connectivity index (χ4v) is 5.16. The monoisotopic (exact) mass is 443 g/mol. The number of rotatable bonds is 1. The Morgan fingerprint density at radius 3 is 2.50 bits per heavy atom. The van der Waals surface area contributed by atoms with Crippen LogP contribution in [0.1, 0.15) is 19.4 Å². The molecular formula is C21H19F2N5O4. The maximum atomic E-state index is 15.5. The Kier molecular flexibility index (Phi) is 4.48. The molecule has 1 spiro atoms. The summed E-state index contributed by atoms with van der Waals surface area (Å²) in [5.74, 6) is -3.80. The Morgan fingerprint density at radius 1 is 1.12 bits per heavy atom. The average Bonchev–Trinajstić information content (AvgIpc) is 2.74. The average molecular weight is 443 g/mol. The van der Waals surface area contributed by atoms with Crippen molar-refractivity contribution >= 4 is 23.5 Å². The van der Waals surface area contributed by atoms with Crippen molar-refractivity contribution in [3.8, 4) is 11.3 Å². The van der Waals surface area contributed by atoms with Gasteiger partial charge in [0.2, 0.25) is 11.8 Å². The number of nitrogens with zero attached hydrogens (tertiary/aromatic N) is 3. The number of hydrogen-bond acceptors (Lipinski definition) is 7. The molecule has 9 nitrogen and oxygen atoms in total. The number of hydrogen-bond donors (Lipinski definition) is 2. The van der Waals surface area contributed by atoms with Gasteiger partial charge in [0.05, 0.1) is 35.8 Å². The molecule has 2 fully saturated rings. The fourth-order valence-electron chi connectivity index (χ4n) is 5.16. The molecule has 3 aliphatic heterocycles. The summed E-state index contributed by atoms with van der Waals surface area (Å²) in [6, 6.07) is -0.487. The van der Waals surface area contributed by atoms with Crippen molar-refractivity contribution in [2.45, 2.75) is 38.5 Å². The molecular weight excluding hydrogens is 424 g/mol. The van der Waals surface area contributed by atoms with Gasteiger partial charge in [-0.15, -0.1) is 0 Å². The van der Waals surface area contributed by atoms with Crippen LogP contribution >= 0.6 is 0 Å². The van der Waals surface area contributed by atoms with E-state index in [1.807, 2.05) is 0 Å². The molecule has 1 aromatic carbocycles. The number of halogens is 2. The number of imide groups is 2. The fraction of sp³-hybridized carbons (Fsp3) is 0.381. The third-order valence-corrected chi connectivity index (χ3v) is 6.31. The minimum absolute atomic E-state index is 0.0229. The maximum absolute atomic E-state index is 15.5. The summed E-state index contributed by atoms with van der Waals surface area (Å²) in [5.41, 5.74) is -1.57. The van der Waals surface area contributed by atoms with Crippen LogP contribution in [0.15, 0.2) is 24.7 Å². The SMILES string of the molecule is CC1CN2c3c(cc(-c4cnccn4)c(F)c3F)CC3(C(=O)NC(=O)NC3=O)C2C(C)O1. The second-order valence-corrected chi connectivity index (χ2v) is 8.28. The van der Waals surface area contributed by atoms with E-state index in [-0.39, 0.29) is 41.6 Å². The third-order valence-electron chi connectivity index (χ3n) is 6.31. The van der Waals surface area contributed by atoms with Gasteiger partial charge in [-0.05, 0) is 25.5 Å². The van der Waals surface area contributed by atoms with Crippen LogP contribution < -0.4 is 15.5 Å². The van der Waals surface area contributed by atoms with Gasteiger partial charge in [-0.2, -0.15) is 0 Å². The number of benzene rings is 1. The first-order valence-electron chi connectivity index (χ1n) is 10.1. The van der Waals surface area contributed by atoms with E-state index in [0.717, 1.165) is 0 Å². The zero-order chi connectivity index (χ0) is 22.8. The van der Waals surface area contributed by atoms with Gasteiger partial charge >= 0.3 is 6.03 Å². The minimum atomic E-state index is -1.77. The van der Waals surface area contributed by atoms with Crippen molar-refractivity contribution in [3.63, 3.8) is 0 Å². The van der Waals surface area contributed by atoms with Crippen molar-refractivity contribution in [2.24, 2.45) is 5.41 Å². The first-order valence-corrected chi connectivity index (χ1v) is 10.1. The molecule has 166 valence electrons. The molecule has 0 aliphatic carbocycles. The highest BCUT2D eigenvalue weighted by molar-refractivity contribution is 6.20. The molecule has 4 amide bonds. The van der Waals surface area contributed by atoms with Crippen molar-refractivity contribution < 1.29 is 27.9 Å². The quantitative estimate of drug-likeness (QED) is 0.639. The lowest BCUT2D eigenvalue weighted by atomic mass is 9.66. The molecule has 3 unspecified atom stereocenters. The normalized spacial score (nSPS) is 26.3. The van der Waals surface area contributed by atoms with Crippen molar-refractivity contribution in [1.82, 2.24) is 20.6 Å². The van der Waals surface area contributed by atoms with Crippen LogP contribution in [0.25, 0.3) is 11.3 Å². The van der Waals surface area contributed by atoms with Crippen molar-refractivity contribution in [1.29, 1.82) is 0 Å². The van der Waals surface area contributed by atoms with E-state index in [0.29, 0.717) is 0 Å². The molecule has 0 bridgehead atoms. The number of nitrogens with one attached hydrogen (secondary N) is 2. The minimum Gasteiger partial charge on any atom is -0.372 e. The Labute approximate surface area is 181 Å². The van der Waals surface area contributed by atoms with Crippen LogP contribution in [-0.4, -0.2) is 52.6 Å². The number of aromatic nitrogens is 2. The van der Waals surface area contributed by atoms with Crippen LogP contribution in [0, 0.1) is 17.0 Å². The maximum Gasteiger partial charge on any atom is 0.328 e. The first kappa shape index (κ1) is 20.4. The van der Waals surface area contributed by atoms with E-state index >= 15 is 8.78 Å². The molecule has 2 aromatic rings. The second kappa shape index (κ2) is 7.02. The van der Waals surface area contributed by atoms with Gasteiger partial charge in [0.1, 0.15) is 0 Å². The Bertz CT molecular complexity index is 1140. The highest BCUT2D eigenvalue weighted by Crippen LogP contribution is 2.49. The van der Waals surface area contributed by atoms with E-state index in [2.05, 4.69) is 20.6 Å². The number of ether oxygens (including phenoxy) is 1. The van der Waals surface area contributed by atoms with Crippen molar-refractivity contribution in [2.75, 3.05) is 11.4 Å². The predicted octanol–water partition coefficient (Wildman–Crippen LogP) is 1.31. The number of urea groups is 1. The molecule has 1 aromatic heterocycles. The standard InChI is InChI=1S/C21H19F2N5O4/c1-9-8-28-16-11(5-12(14(22)15(16)23)13-7-24-3-4-25-13)6-21(17(28)10(2)32-9)18(29)26-20(31)27-19(21)30/h3-5,7,9-10,17H,6,8H2,1-2H3,(H2,26,27,29,30,31). The Hall–Kier alpha value is -3.47. The number of carbonyl (C=O) groups excluding carboxylic acids is 3. The lowest BCUT2D eigenvalue weighted by Gasteiger charge is -2.55. The molecule has 32 heavy (non-hydrogen) atoms. The summed E-state index contributed by atoms with van der Waals surface area (Å²) in [5, 5.41) is 4.31. The van der Waals surface area contributed by atoms with Crippen LogP contribution in [0.2, 0.25) is 0 Å². The van der Waals surface area contributed by atoms with Gasteiger partial charge in [0, 0.05) is 30.9 Å². The summed E-state index contributed by atoms with van der Waals surface area (Å²) in [6.07, 6.45) is 2.74. The number of carbonyl (C=O) groups is 3. The molecule has 0 radical (unpaired) electrons. The molecule has 4 heterocycles. The molecule has 0 saturated carbocycles. The van der Waals surface area contributed by atoms with Crippen molar-refractivity contribution in [3.05, 3.63) is 41.9 Å². The molecule has 3 atom stereocenters. The predicted molar refractivity (Wildman–Crippen MR) is 106 cm³/mol. The summed E-state index contributed by atoms with van der Waals surface area (Å²) in [7, 11) is 0. The largest absolute Gasteiger partial charge is 0.372 e. The van der Waals surface area contributed by atoms with Crippen LogP contribution in [-0.2, 0) is 20.7 Å². The molecule has 2 N–H and O–H groups in total. The van der Waals surface area contributed by atoms with E-state index in [4.69, 9.17) is 4.74 Å². The number of morpholine rings is 1. The van der Waals surface area contributed by atoms with Gasteiger partial charge < -0.3 is 9.64 Å². The summed E-state index contributed by atoms with van der Waals surface area (Å²) < 4.78 is 36.5. The van der Waals surface area contributed by atoms with Gasteiger partial charge in [-0.1, -0.05) is 0 Å². The van der Waals surface area contributed by atoms with Gasteiger partial charge in [-0.3, -0.25) is 30.2 Å². The highest BCUT2D eigenvalue weighted by atomic mass is 19.2. The lowest BCUT2D eigenvalue weighted by molar-refractivity contribution is -0.153. The number of anilines is 1. The van der Waals surface area contributed by atoms with Crippen LogP contribution in [0.4, 0.5) is 19.3 Å². The molecule has 3 aliphatic rings. The number of barbiturate groups is 1. The highest BCUT2D eigenvalue weighted by Gasteiger charge is 2.63. The Balaban J connectivity index is 1.76. The van der Waals surface area contributed by atoms with Gasteiger partial charge in [-0.25, -0.2) is 13.6 Å². The van der Waals surface area contributed by atoms with Crippen LogP contribution in [0.3, 0.4) is 0 Å². The topological polar surface area (TPSA) is 114 Å². The van der Waals surface area contributed by atoms with Gasteiger partial charge in [0.25, 0.3) is 0 Å². The van der Waals surface area contributed by atoms with Gasteiger partial charge in [0.15, 0.2) is 17.0 Å². The molecule has 2 saturated heterocycles. The first-order chi connectivity index (χ1) is 15.2. The zero-order valence-corrected chi connectivity index (χ0v) is 17.2. The lowest BCUT2D eigenvalue weighted by Crippen LogP contribution is -2.75. The summed E-state index contributed by atoms with van der Waals surface area (Å²) in [4.78, 5) is 47.5. The van der Waals surface area contributed by atoms with Crippen LogP contribution in [0.5, 0.6) is 0 Å². The Morgan fingerprint density at radius 2 is 1.84 bits per heavy atom. The molecule has 5 rings (SSSR count). The van der Waals surface area contributed by atoms with E-state index in [1.54, 1.807) is 13.8 Å². The summed E-state index contributed by atoms with van der Waals surface area (Å²) >= 11 is 0. The smallest absolute Gasteiger partial charge is 0.328 e.